The van der Waals surface area contributed by atoms with Gasteiger partial charge in [-0.3, -0.25) is 4.90 Å². The molecule has 3 rings (SSSR count). The number of ether oxygens (including phenoxy) is 1. The van der Waals surface area contributed by atoms with Gasteiger partial charge >= 0.3 is 6.09 Å². The molecule has 2 atom stereocenters. The first-order chi connectivity index (χ1) is 15.2. The summed E-state index contributed by atoms with van der Waals surface area (Å²) in [4.78, 5) is 15.8. The monoisotopic (exact) mass is 555 g/mol. The number of aromatic nitrogens is 1. The molecular weight excluding hydrogens is 538 g/mol. The summed E-state index contributed by atoms with van der Waals surface area (Å²) in [5, 5.41) is 9.36. The predicted octanol–water partition coefficient (Wildman–Crippen LogP) is 3.68. The van der Waals surface area contributed by atoms with Crippen LogP contribution in [-0.2, 0) is 16.4 Å². The van der Waals surface area contributed by atoms with Crippen molar-refractivity contribution in [1.82, 2.24) is 14.6 Å². The van der Waals surface area contributed by atoms with E-state index in [9.17, 15) is 31.5 Å². The number of benzene rings is 1. The predicted molar refractivity (Wildman–Crippen MR) is 112 cm³/mol. The molecule has 1 aliphatic heterocycles. The highest BCUT2D eigenvalue weighted by Crippen LogP contribution is 2.36. The van der Waals surface area contributed by atoms with E-state index in [1.54, 1.807) is 4.72 Å². The normalized spacial score (nSPS) is 20.2. The minimum absolute atomic E-state index is 0.115. The Hall–Kier alpha value is -2.45. The fourth-order valence-corrected chi connectivity index (χ4v) is 4.57. The first-order valence-corrected chi connectivity index (χ1v) is 12.0. The summed E-state index contributed by atoms with van der Waals surface area (Å²) in [6, 6.07) is 1.21. The largest absolute Gasteiger partial charge is 0.465 e. The average molecular weight is 556 g/mol. The lowest BCUT2D eigenvalue weighted by Crippen LogP contribution is -2.52. The summed E-state index contributed by atoms with van der Waals surface area (Å²) in [7, 11) is -4.14. The summed E-state index contributed by atoms with van der Waals surface area (Å²) in [6.45, 7) is 0.219. The van der Waals surface area contributed by atoms with Gasteiger partial charge in [0.2, 0.25) is 15.9 Å². The number of aryl methyl sites for hydroxylation is 1. The lowest BCUT2D eigenvalue weighted by Gasteiger charge is -2.26. The number of nitrogens with zero attached hydrogens (tertiary/aromatic N) is 2. The molecule has 2 aromatic rings. The van der Waals surface area contributed by atoms with Crippen molar-refractivity contribution in [3.05, 3.63) is 51.6 Å². The Kier molecular flexibility index (Phi) is 6.92. The zero-order valence-corrected chi connectivity index (χ0v) is 19.6. The highest BCUT2D eigenvalue weighted by atomic mass is 79.9. The minimum Gasteiger partial charge on any atom is -0.465 e. The zero-order chi connectivity index (χ0) is 24.7. The van der Waals surface area contributed by atoms with Gasteiger partial charge in [0.25, 0.3) is 5.92 Å². The van der Waals surface area contributed by atoms with Crippen molar-refractivity contribution in [2.75, 3.05) is 12.8 Å². The Balaban J connectivity index is 1.96. The molecule has 0 radical (unpaired) electrons. The van der Waals surface area contributed by atoms with Gasteiger partial charge in [-0.05, 0) is 47.0 Å². The smallest absolute Gasteiger partial charge is 0.407 e. The molecule has 180 valence electrons. The number of sulfonamides is 1. The van der Waals surface area contributed by atoms with Crippen molar-refractivity contribution in [2.24, 2.45) is 0 Å². The molecule has 1 saturated heterocycles. The van der Waals surface area contributed by atoms with Crippen LogP contribution in [0.4, 0.5) is 22.4 Å². The van der Waals surface area contributed by atoms with Gasteiger partial charge in [-0.15, -0.1) is 0 Å². The van der Waals surface area contributed by atoms with E-state index in [4.69, 9.17) is 4.74 Å². The molecule has 8 nitrogen and oxygen atoms in total. The lowest BCUT2D eigenvalue weighted by molar-refractivity contribution is -0.00560. The van der Waals surface area contributed by atoms with Gasteiger partial charge in [0.1, 0.15) is 10.6 Å². The van der Waals surface area contributed by atoms with Crippen molar-refractivity contribution in [3.63, 3.8) is 0 Å². The van der Waals surface area contributed by atoms with E-state index in [1.807, 2.05) is 0 Å². The fraction of sp³-hybridized carbons (Fsp3) is 0.368. The SMILES string of the molecule is Cc1cc(F)c(Br)nc1Oc1cccc(CC2C(NS(C)(=O)=O)C(F)(F)CN2C(=O)O)c1F. The van der Waals surface area contributed by atoms with E-state index >= 15 is 4.39 Å². The van der Waals surface area contributed by atoms with Crippen molar-refractivity contribution in [1.29, 1.82) is 0 Å². The summed E-state index contributed by atoms with van der Waals surface area (Å²) in [5.74, 6) is -5.85. The van der Waals surface area contributed by atoms with Crippen LogP contribution in [0.1, 0.15) is 11.1 Å². The number of halogens is 5. The molecule has 0 aliphatic carbocycles. The standard InChI is InChI=1S/C19H18BrF4N3O5S/c1-9-6-11(21)16(20)25-17(9)32-13-5-3-4-10(14(13)22)7-12-15(26-33(2,30)31)19(23,24)8-27(12)18(28)29/h3-6,12,15,26H,7-8H2,1-2H3,(H,28,29). The van der Waals surface area contributed by atoms with Gasteiger partial charge in [-0.1, -0.05) is 12.1 Å². The van der Waals surface area contributed by atoms with E-state index in [0.29, 0.717) is 11.2 Å². The number of amides is 1. The highest BCUT2D eigenvalue weighted by Gasteiger charge is 2.57. The highest BCUT2D eigenvalue weighted by molar-refractivity contribution is 9.10. The van der Waals surface area contributed by atoms with Crippen LogP contribution in [0, 0.1) is 18.6 Å². The molecule has 2 unspecified atom stereocenters. The van der Waals surface area contributed by atoms with Crippen LogP contribution in [0.3, 0.4) is 0 Å². The first kappa shape index (κ1) is 25.2. The molecule has 1 aromatic carbocycles. The number of likely N-dealkylation sites (tertiary alicyclic amines) is 1. The molecule has 2 N–H and O–H groups in total. The van der Waals surface area contributed by atoms with Crippen molar-refractivity contribution >= 4 is 32.0 Å². The molecule has 0 spiro atoms. The van der Waals surface area contributed by atoms with E-state index in [1.165, 1.54) is 25.1 Å². The summed E-state index contributed by atoms with van der Waals surface area (Å²) in [6.07, 6.45) is -1.62. The Morgan fingerprint density at radius 1 is 1.39 bits per heavy atom. The van der Waals surface area contributed by atoms with E-state index in [2.05, 4.69) is 20.9 Å². The van der Waals surface area contributed by atoms with Crippen LogP contribution in [0.5, 0.6) is 11.6 Å². The van der Waals surface area contributed by atoms with Crippen LogP contribution >= 0.6 is 15.9 Å². The number of pyridine rings is 1. The summed E-state index contributed by atoms with van der Waals surface area (Å²) < 4.78 is 88.0. The molecule has 2 heterocycles. The number of rotatable bonds is 6. The second-order valence-electron chi connectivity index (χ2n) is 7.53. The maximum atomic E-state index is 15.2. The molecule has 1 aliphatic rings. The molecular formula is C19H18BrF4N3O5S. The quantitative estimate of drug-likeness (QED) is 0.415. The second-order valence-corrected chi connectivity index (χ2v) is 10.1. The van der Waals surface area contributed by atoms with Crippen LogP contribution in [0.2, 0.25) is 0 Å². The third-order valence-corrected chi connectivity index (χ3v) is 6.20. The minimum atomic E-state index is -4.14. The molecule has 33 heavy (non-hydrogen) atoms. The van der Waals surface area contributed by atoms with E-state index < -0.39 is 58.7 Å². The zero-order valence-electron chi connectivity index (χ0n) is 17.2. The third-order valence-electron chi connectivity index (χ3n) is 4.96. The molecule has 1 amide bonds. The maximum absolute atomic E-state index is 15.2. The number of carboxylic acid groups (broad SMARTS) is 1. The van der Waals surface area contributed by atoms with Gasteiger partial charge in [0.15, 0.2) is 17.4 Å². The Bertz CT molecular complexity index is 1200. The molecule has 0 saturated carbocycles. The van der Waals surface area contributed by atoms with E-state index in [-0.39, 0.29) is 27.4 Å². The third kappa shape index (κ3) is 5.55. The van der Waals surface area contributed by atoms with E-state index in [0.717, 1.165) is 6.07 Å². The molecule has 1 fully saturated rings. The maximum Gasteiger partial charge on any atom is 0.407 e. The van der Waals surface area contributed by atoms with Crippen molar-refractivity contribution < 1.29 is 40.6 Å². The number of carbonyl (C=O) groups is 1. The Labute approximate surface area is 194 Å². The van der Waals surface area contributed by atoms with Crippen LogP contribution in [-0.4, -0.2) is 60.3 Å². The Morgan fingerprint density at radius 2 is 2.06 bits per heavy atom. The van der Waals surface area contributed by atoms with Gasteiger partial charge in [-0.2, -0.15) is 0 Å². The fourth-order valence-electron chi connectivity index (χ4n) is 3.50. The van der Waals surface area contributed by atoms with Gasteiger partial charge < -0.3 is 9.84 Å². The summed E-state index contributed by atoms with van der Waals surface area (Å²) in [5.41, 5.74) is 0.0611. The first-order valence-electron chi connectivity index (χ1n) is 9.32. The number of alkyl halides is 2. The van der Waals surface area contributed by atoms with Crippen LogP contribution in [0.25, 0.3) is 0 Å². The Morgan fingerprint density at radius 3 is 2.67 bits per heavy atom. The van der Waals surface area contributed by atoms with Crippen LogP contribution in [0.15, 0.2) is 28.9 Å². The van der Waals surface area contributed by atoms with Crippen molar-refractivity contribution in [3.8, 4) is 11.6 Å². The summed E-state index contributed by atoms with van der Waals surface area (Å²) >= 11 is 2.90. The average Bonchev–Trinajstić information content (AvgIpc) is 2.92. The number of nitrogens with one attached hydrogen (secondary N) is 1. The lowest BCUT2D eigenvalue weighted by atomic mass is 9.98. The second kappa shape index (κ2) is 9.06. The topological polar surface area (TPSA) is 109 Å². The van der Waals surface area contributed by atoms with Crippen molar-refractivity contribution in [2.45, 2.75) is 31.4 Å². The molecule has 0 bridgehead atoms. The van der Waals surface area contributed by atoms with Crippen LogP contribution < -0.4 is 9.46 Å². The van der Waals surface area contributed by atoms with Gasteiger partial charge in [-0.25, -0.2) is 40.5 Å². The number of hydrogen-bond acceptors (Lipinski definition) is 5. The number of hydrogen-bond donors (Lipinski definition) is 2. The molecule has 1 aromatic heterocycles. The molecule has 14 heteroatoms. The van der Waals surface area contributed by atoms with Gasteiger partial charge in [0.05, 0.1) is 18.8 Å². The van der Waals surface area contributed by atoms with Gasteiger partial charge in [0, 0.05) is 5.56 Å².